The van der Waals surface area contributed by atoms with Crippen LogP contribution >= 0.6 is 0 Å². The van der Waals surface area contributed by atoms with Crippen molar-refractivity contribution in [3.8, 4) is 17.1 Å². The van der Waals surface area contributed by atoms with Crippen LogP contribution in [0.4, 0.5) is 41.1 Å². The smallest absolute Gasteiger partial charge is 0.320 e. The molecule has 0 bridgehead atoms. The van der Waals surface area contributed by atoms with Crippen LogP contribution in [0.3, 0.4) is 0 Å². The van der Waals surface area contributed by atoms with Crippen molar-refractivity contribution in [2.45, 2.75) is 60.8 Å². The van der Waals surface area contributed by atoms with Gasteiger partial charge in [0.15, 0.2) is 23.1 Å². The van der Waals surface area contributed by atoms with Gasteiger partial charge in [-0.1, -0.05) is 88.4 Å². The summed E-state index contributed by atoms with van der Waals surface area (Å²) in [4.78, 5) is 93.9. The van der Waals surface area contributed by atoms with E-state index >= 15 is 9.59 Å². The fourth-order valence-electron chi connectivity index (χ4n) is 9.52. The predicted octanol–water partition coefficient (Wildman–Crippen LogP) is 7.26. The third kappa shape index (κ3) is 11.2. The van der Waals surface area contributed by atoms with E-state index in [2.05, 4.69) is 97.8 Å². The molecule has 0 atom stereocenters. The van der Waals surface area contributed by atoms with Gasteiger partial charge in [-0.3, -0.25) is 19.2 Å². The largest absolute Gasteiger partial charge is 0.479 e. The Balaban J connectivity index is 1.24. The molecule has 0 aliphatic heterocycles. The molecular weight excluding hydrogens is 937 g/mol. The first-order chi connectivity index (χ1) is 36.0. The van der Waals surface area contributed by atoms with Crippen LogP contribution in [-0.2, 0) is 0 Å². The summed E-state index contributed by atoms with van der Waals surface area (Å²) in [5, 5.41) is 27.0. The van der Waals surface area contributed by atoms with E-state index in [0.29, 0.717) is 44.6 Å². The third-order valence-corrected chi connectivity index (χ3v) is 13.4. The number of carbonyl (C=O) groups excluding carboxylic acids is 4. The number of hydrogen-bond donors (Lipinski definition) is 6. The van der Waals surface area contributed by atoms with Crippen molar-refractivity contribution in [2.75, 3.05) is 104 Å². The molecule has 2 aliphatic carbocycles. The summed E-state index contributed by atoms with van der Waals surface area (Å²) in [5.41, 5.74) is 1.91. The van der Waals surface area contributed by atoms with Crippen LogP contribution < -0.4 is 36.4 Å². The average Bonchev–Trinajstić information content (AvgIpc) is 3.41. The van der Waals surface area contributed by atoms with Gasteiger partial charge in [-0.25, -0.2) is 0 Å². The summed E-state index contributed by atoms with van der Waals surface area (Å²) in [6.45, 7) is 21.7. The maximum absolute atomic E-state index is 15.1. The summed E-state index contributed by atoms with van der Waals surface area (Å²) in [6, 6.07) is 19.3. The molecule has 0 radical (unpaired) electrons. The SMILES string of the molecule is CCNCCCN(CC)c1nc(Nc2ccc(-c3ccc(Nc4nc(O)nc(NCCCN(CC)CC)n4)c4c3C(=O)c3ccccc3C4=O)c3c2C(=O)c2ccccc2C3=O)nc(N(CC)CCCNCC)n1. The number of nitrogens with zero attached hydrogens (tertiary/aromatic N) is 9. The number of benzene rings is 4. The molecule has 0 saturated carbocycles. The summed E-state index contributed by atoms with van der Waals surface area (Å²) in [5.74, 6) is -0.611. The molecule has 8 rings (SSSR count). The molecule has 74 heavy (non-hydrogen) atoms. The number of rotatable bonds is 26. The molecule has 4 aromatic carbocycles. The van der Waals surface area contributed by atoms with Gasteiger partial charge >= 0.3 is 6.01 Å². The molecule has 0 unspecified atom stereocenters. The average molecular weight is 1000 g/mol. The Morgan fingerprint density at radius 3 is 1.28 bits per heavy atom. The minimum Gasteiger partial charge on any atom is -0.479 e. The number of aromatic hydroxyl groups is 1. The van der Waals surface area contributed by atoms with Crippen LogP contribution in [0.5, 0.6) is 6.01 Å². The topological polar surface area (TPSA) is 236 Å². The van der Waals surface area contributed by atoms with Gasteiger partial charge in [-0.2, -0.15) is 29.9 Å². The molecule has 6 aromatic rings. The highest BCUT2D eigenvalue weighted by Gasteiger charge is 2.39. The zero-order valence-electron chi connectivity index (χ0n) is 43.1. The van der Waals surface area contributed by atoms with Crippen LogP contribution in [0.15, 0.2) is 72.8 Å². The molecular formula is C55H66N14O5. The van der Waals surface area contributed by atoms with Crippen LogP contribution in [0.2, 0.25) is 0 Å². The Morgan fingerprint density at radius 1 is 0.432 bits per heavy atom. The fourth-order valence-corrected chi connectivity index (χ4v) is 9.52. The van der Waals surface area contributed by atoms with Gasteiger partial charge in [-0.05, 0) is 102 Å². The first-order valence-electron chi connectivity index (χ1n) is 25.9. The van der Waals surface area contributed by atoms with Gasteiger partial charge in [-0.15, -0.1) is 0 Å². The molecule has 19 heteroatoms. The molecule has 6 N–H and O–H groups in total. The normalized spacial score (nSPS) is 12.6. The lowest BCUT2D eigenvalue weighted by molar-refractivity contribution is 0.0978. The molecule has 2 heterocycles. The minimum atomic E-state index is -0.550. The zero-order chi connectivity index (χ0) is 52.3. The number of aromatic nitrogens is 6. The van der Waals surface area contributed by atoms with Gasteiger partial charge in [0, 0.05) is 66.1 Å². The van der Waals surface area contributed by atoms with E-state index in [0.717, 1.165) is 65.1 Å². The van der Waals surface area contributed by atoms with Crippen molar-refractivity contribution in [2.24, 2.45) is 0 Å². The van der Waals surface area contributed by atoms with Gasteiger partial charge in [0.2, 0.25) is 29.7 Å². The van der Waals surface area contributed by atoms with E-state index in [9.17, 15) is 14.7 Å². The molecule has 2 aliphatic rings. The van der Waals surface area contributed by atoms with Crippen LogP contribution in [0.25, 0.3) is 11.1 Å². The molecule has 0 saturated heterocycles. The first kappa shape index (κ1) is 52.6. The highest BCUT2D eigenvalue weighted by molar-refractivity contribution is 6.35. The molecule has 386 valence electrons. The summed E-state index contributed by atoms with van der Waals surface area (Å²) in [6.07, 6.45) is 2.51. The lowest BCUT2D eigenvalue weighted by Crippen LogP contribution is -2.32. The Bertz CT molecular complexity index is 3000. The van der Waals surface area contributed by atoms with Crippen LogP contribution in [0, 0.1) is 0 Å². The number of anilines is 7. The van der Waals surface area contributed by atoms with Crippen molar-refractivity contribution < 1.29 is 24.3 Å². The van der Waals surface area contributed by atoms with E-state index in [4.69, 9.17) is 15.0 Å². The van der Waals surface area contributed by atoms with Crippen LogP contribution in [0.1, 0.15) is 124 Å². The Labute approximate surface area is 432 Å². The Morgan fingerprint density at radius 2 is 0.851 bits per heavy atom. The number of fused-ring (bicyclic) bond motifs is 4. The Hall–Kier alpha value is -7.74. The summed E-state index contributed by atoms with van der Waals surface area (Å²) >= 11 is 0. The van der Waals surface area contributed by atoms with Crippen LogP contribution in [-0.4, -0.2) is 142 Å². The lowest BCUT2D eigenvalue weighted by atomic mass is 9.75. The van der Waals surface area contributed by atoms with Gasteiger partial charge in [0.05, 0.1) is 22.5 Å². The molecule has 19 nitrogen and oxygen atoms in total. The van der Waals surface area contributed by atoms with Crippen molar-refractivity contribution in [1.29, 1.82) is 0 Å². The van der Waals surface area contributed by atoms with E-state index < -0.39 is 29.1 Å². The quantitative estimate of drug-likeness (QED) is 0.0293. The second-order valence-electron chi connectivity index (χ2n) is 17.9. The predicted molar refractivity (Wildman–Crippen MR) is 289 cm³/mol. The molecule has 0 fully saturated rings. The van der Waals surface area contributed by atoms with Gasteiger partial charge < -0.3 is 46.4 Å². The second-order valence-corrected chi connectivity index (χ2v) is 17.9. The molecule has 2 aromatic heterocycles. The van der Waals surface area contributed by atoms with Gasteiger partial charge in [0.25, 0.3) is 0 Å². The van der Waals surface area contributed by atoms with Gasteiger partial charge in [0.1, 0.15) is 0 Å². The van der Waals surface area contributed by atoms with E-state index in [-0.39, 0.29) is 84.9 Å². The maximum Gasteiger partial charge on any atom is 0.320 e. The lowest BCUT2D eigenvalue weighted by Gasteiger charge is -2.27. The molecule has 0 spiro atoms. The summed E-state index contributed by atoms with van der Waals surface area (Å²) < 4.78 is 0. The summed E-state index contributed by atoms with van der Waals surface area (Å²) in [7, 11) is 0. The third-order valence-electron chi connectivity index (χ3n) is 13.4. The highest BCUT2D eigenvalue weighted by Crippen LogP contribution is 2.44. The van der Waals surface area contributed by atoms with E-state index in [1.165, 1.54) is 0 Å². The highest BCUT2D eigenvalue weighted by atomic mass is 16.3. The molecule has 0 amide bonds. The second kappa shape index (κ2) is 24.3. The Kier molecular flexibility index (Phi) is 17.3. The fraction of sp³-hybridized carbons (Fsp3) is 0.382. The van der Waals surface area contributed by atoms with E-state index in [1.54, 1.807) is 72.8 Å². The van der Waals surface area contributed by atoms with Crippen molar-refractivity contribution in [1.82, 2.24) is 45.4 Å². The maximum atomic E-state index is 15.1. The number of hydrogen-bond acceptors (Lipinski definition) is 19. The number of carbonyl (C=O) groups is 4. The van der Waals surface area contributed by atoms with E-state index in [1.807, 2.05) is 0 Å². The van der Waals surface area contributed by atoms with Crippen molar-refractivity contribution in [3.05, 3.63) is 117 Å². The number of nitrogens with one attached hydrogen (secondary N) is 5. The standard InChI is InChI=1S/C55H66N14O5/c1-7-56-28-17-32-68(11-5)53-62-52(63-54(66-53)69(12-6)33-18-29-57-8-2)60-41-27-25-35(43-45(41)49(73)39-23-16-14-21-37(39)47(43)71)34-24-26-40(44-42(34)46(70)36-20-13-15-22-38(36)48(44)72)59-51-61-50(64-55(74)65-51)58-30-19-31-67(9-3)10-4/h13-16,20-27,56-57H,7-12,17-19,28-33H2,1-6H3,(H,60,62,63,66)(H3,58,59,61,64,65,74). The first-order valence-corrected chi connectivity index (χ1v) is 25.9. The zero-order valence-corrected chi connectivity index (χ0v) is 43.1. The van der Waals surface area contributed by atoms with Crippen molar-refractivity contribution >= 4 is 64.2 Å². The minimum absolute atomic E-state index is 0.00734. The van der Waals surface area contributed by atoms with Crippen molar-refractivity contribution in [3.63, 3.8) is 0 Å². The number of ketones is 4. The monoisotopic (exact) mass is 1000 g/mol.